The highest BCUT2D eigenvalue weighted by atomic mass is 32.2. The summed E-state index contributed by atoms with van der Waals surface area (Å²) in [6.45, 7) is 3.49. The number of aliphatic carboxylic acids is 1. The quantitative estimate of drug-likeness (QED) is 0.201. The fraction of sp³-hybridized carbons (Fsp3) is 0.619. The SMILES string of the molecule is COC(=O)C1(O/N=C(\C(=O)N[C@H]2C(=O)N3[C@@H]2SC(C)(C)[C@@H]3C(=O)O)c2csc(N)n2)CCCCC1. The van der Waals surface area contributed by atoms with Crippen LogP contribution in [0.5, 0.6) is 0 Å². The minimum atomic E-state index is -1.32. The van der Waals surface area contributed by atoms with E-state index in [1.165, 1.54) is 29.2 Å². The van der Waals surface area contributed by atoms with Crippen molar-refractivity contribution in [2.75, 3.05) is 12.8 Å². The van der Waals surface area contributed by atoms with E-state index in [1.807, 2.05) is 0 Å². The molecule has 3 atom stereocenters. The van der Waals surface area contributed by atoms with Gasteiger partial charge in [-0.15, -0.1) is 23.1 Å². The van der Waals surface area contributed by atoms with Crippen LogP contribution in [-0.4, -0.2) is 79.4 Å². The van der Waals surface area contributed by atoms with Gasteiger partial charge in [0.15, 0.2) is 10.8 Å². The van der Waals surface area contributed by atoms with Gasteiger partial charge < -0.3 is 30.6 Å². The Kier molecular flexibility index (Phi) is 6.70. The molecule has 3 fully saturated rings. The number of rotatable bonds is 7. The summed E-state index contributed by atoms with van der Waals surface area (Å²) in [6, 6.07) is -1.94. The molecule has 14 heteroatoms. The van der Waals surface area contributed by atoms with Gasteiger partial charge in [0.05, 0.1) is 7.11 Å². The van der Waals surface area contributed by atoms with Crippen molar-refractivity contribution in [1.29, 1.82) is 0 Å². The third-order valence-corrected chi connectivity index (χ3v) is 8.72. The predicted octanol–water partition coefficient (Wildman–Crippen LogP) is 0.954. The lowest BCUT2D eigenvalue weighted by molar-refractivity contribution is -0.174. The molecule has 0 radical (unpaired) electrons. The maximum absolute atomic E-state index is 13.3. The highest BCUT2D eigenvalue weighted by Crippen LogP contribution is 2.50. The number of nitrogens with two attached hydrogens (primary N) is 1. The molecule has 1 aromatic heterocycles. The molecule has 1 aromatic rings. The Morgan fingerprint density at radius 2 is 1.97 bits per heavy atom. The standard InChI is InChI=1S/C21H27N5O7S2/c1-20(2)13(17(29)30)26-15(28)12(16(26)35-20)24-14(27)11(10-9-34-19(22)23-10)25-33-21(18(31)32-3)7-5-4-6-8-21/h9,12-13,16H,4-8H2,1-3H3,(H2,22,23)(H,24,27)(H,29,30)/b25-11-/t12-,13-,16+/m0/s1. The van der Waals surface area contributed by atoms with Crippen LogP contribution in [-0.2, 0) is 28.8 Å². The first-order valence-corrected chi connectivity index (χ1v) is 12.9. The topological polar surface area (TPSA) is 174 Å². The Labute approximate surface area is 209 Å². The summed E-state index contributed by atoms with van der Waals surface area (Å²) < 4.78 is 4.20. The summed E-state index contributed by atoms with van der Waals surface area (Å²) in [6.07, 6.45) is 3.19. The van der Waals surface area contributed by atoms with Gasteiger partial charge >= 0.3 is 11.9 Å². The van der Waals surface area contributed by atoms with Gasteiger partial charge in [-0.05, 0) is 26.7 Å². The molecule has 1 saturated carbocycles. The number of esters is 1. The molecule has 1 aliphatic carbocycles. The molecular weight excluding hydrogens is 498 g/mol. The van der Waals surface area contributed by atoms with Crippen LogP contribution in [0.25, 0.3) is 0 Å². The minimum Gasteiger partial charge on any atom is -0.480 e. The number of nitrogens with zero attached hydrogens (tertiary/aromatic N) is 3. The number of thiazole rings is 1. The van der Waals surface area contributed by atoms with E-state index in [0.29, 0.717) is 12.8 Å². The van der Waals surface area contributed by atoms with E-state index >= 15 is 0 Å². The molecule has 2 aliphatic heterocycles. The van der Waals surface area contributed by atoms with Gasteiger partial charge in [-0.25, -0.2) is 14.6 Å². The first-order chi connectivity index (χ1) is 16.5. The maximum atomic E-state index is 13.3. The first kappa shape index (κ1) is 25.2. The number of amides is 2. The zero-order valence-corrected chi connectivity index (χ0v) is 21.1. The second-order valence-corrected chi connectivity index (χ2v) is 11.9. The number of carboxylic acid groups (broad SMARTS) is 1. The van der Waals surface area contributed by atoms with Crippen molar-refractivity contribution in [3.05, 3.63) is 11.1 Å². The number of carboxylic acids is 1. The summed E-state index contributed by atoms with van der Waals surface area (Å²) in [5, 5.41) is 17.4. The fourth-order valence-electron chi connectivity index (χ4n) is 4.73. The number of methoxy groups -OCH3 is 1. The number of β-lactam (4-membered cyclic amide) rings is 1. The summed E-state index contributed by atoms with van der Waals surface area (Å²) in [5.41, 5.74) is 4.32. The number of oxime groups is 1. The Morgan fingerprint density at radius 3 is 2.54 bits per heavy atom. The number of carbonyl (C=O) groups excluding carboxylic acids is 3. The molecule has 3 heterocycles. The van der Waals surface area contributed by atoms with Crippen LogP contribution in [0.2, 0.25) is 0 Å². The van der Waals surface area contributed by atoms with E-state index in [4.69, 9.17) is 15.3 Å². The van der Waals surface area contributed by atoms with Crippen LogP contribution in [0.3, 0.4) is 0 Å². The summed E-state index contributed by atoms with van der Waals surface area (Å²) in [4.78, 5) is 61.4. The number of hydrogen-bond donors (Lipinski definition) is 3. The van der Waals surface area contributed by atoms with Crippen molar-refractivity contribution >= 4 is 57.7 Å². The number of carbonyl (C=O) groups is 4. The zero-order valence-electron chi connectivity index (χ0n) is 19.5. The summed E-state index contributed by atoms with van der Waals surface area (Å²) >= 11 is 2.40. The van der Waals surface area contributed by atoms with Gasteiger partial charge in [-0.2, -0.15) is 0 Å². The van der Waals surface area contributed by atoms with Gasteiger partial charge in [0, 0.05) is 23.0 Å². The number of hydrogen-bond acceptors (Lipinski definition) is 11. The Balaban J connectivity index is 1.58. The largest absolute Gasteiger partial charge is 0.480 e. The van der Waals surface area contributed by atoms with E-state index in [1.54, 1.807) is 13.8 Å². The van der Waals surface area contributed by atoms with Gasteiger partial charge in [0.1, 0.15) is 23.2 Å². The average Bonchev–Trinajstić information content (AvgIpc) is 3.35. The Bertz CT molecular complexity index is 1080. The molecular formula is C21H27N5O7S2. The van der Waals surface area contributed by atoms with E-state index in [9.17, 15) is 24.3 Å². The van der Waals surface area contributed by atoms with Crippen LogP contribution < -0.4 is 11.1 Å². The van der Waals surface area contributed by atoms with Crippen molar-refractivity contribution < 1.29 is 33.9 Å². The zero-order chi connectivity index (χ0) is 25.5. The molecule has 4 rings (SSSR count). The second-order valence-electron chi connectivity index (χ2n) is 9.20. The smallest absolute Gasteiger partial charge is 0.353 e. The molecule has 2 saturated heterocycles. The molecule has 0 aromatic carbocycles. The minimum absolute atomic E-state index is 0.132. The number of ether oxygens (including phenoxy) is 1. The van der Waals surface area contributed by atoms with Crippen LogP contribution >= 0.6 is 23.1 Å². The third-order valence-electron chi connectivity index (χ3n) is 6.47. The average molecular weight is 526 g/mol. The number of thioether (sulfide) groups is 1. The highest BCUT2D eigenvalue weighted by molar-refractivity contribution is 8.01. The lowest BCUT2D eigenvalue weighted by atomic mass is 9.85. The van der Waals surface area contributed by atoms with Crippen LogP contribution in [0.4, 0.5) is 5.13 Å². The lowest BCUT2D eigenvalue weighted by Crippen LogP contribution is -2.71. The van der Waals surface area contributed by atoms with E-state index in [-0.39, 0.29) is 16.5 Å². The van der Waals surface area contributed by atoms with Gasteiger partial charge in [0.2, 0.25) is 11.5 Å². The number of fused-ring (bicyclic) bond motifs is 1. The maximum Gasteiger partial charge on any atom is 0.353 e. The molecule has 3 aliphatic rings. The number of nitrogen functional groups attached to an aromatic ring is 1. The van der Waals surface area contributed by atoms with Gasteiger partial charge in [-0.3, -0.25) is 9.59 Å². The van der Waals surface area contributed by atoms with E-state index < -0.39 is 51.6 Å². The Morgan fingerprint density at radius 1 is 1.29 bits per heavy atom. The Hall–Kier alpha value is -2.87. The molecule has 2 amide bonds. The van der Waals surface area contributed by atoms with Crippen molar-refractivity contribution in [3.63, 3.8) is 0 Å². The van der Waals surface area contributed by atoms with Gasteiger partial charge in [0.25, 0.3) is 5.91 Å². The monoisotopic (exact) mass is 525 g/mol. The first-order valence-electron chi connectivity index (χ1n) is 11.1. The molecule has 4 N–H and O–H groups in total. The van der Waals surface area contributed by atoms with Crippen LogP contribution in [0.15, 0.2) is 10.5 Å². The number of aromatic nitrogens is 1. The fourth-order valence-corrected chi connectivity index (χ4v) is 6.90. The normalized spacial score (nSPS) is 26.9. The predicted molar refractivity (Wildman–Crippen MR) is 128 cm³/mol. The van der Waals surface area contributed by atoms with Crippen molar-refractivity contribution in [1.82, 2.24) is 15.2 Å². The molecule has 190 valence electrons. The molecule has 35 heavy (non-hydrogen) atoms. The molecule has 0 bridgehead atoms. The third kappa shape index (κ3) is 4.44. The molecule has 0 unspecified atom stereocenters. The molecule has 12 nitrogen and oxygen atoms in total. The highest BCUT2D eigenvalue weighted by Gasteiger charge is 2.64. The van der Waals surface area contributed by atoms with E-state index in [2.05, 4.69) is 15.5 Å². The summed E-state index contributed by atoms with van der Waals surface area (Å²) in [7, 11) is 1.26. The van der Waals surface area contributed by atoms with Crippen molar-refractivity contribution in [2.24, 2.45) is 5.16 Å². The van der Waals surface area contributed by atoms with Crippen LogP contribution in [0.1, 0.15) is 51.6 Å². The van der Waals surface area contributed by atoms with Crippen molar-refractivity contribution in [2.45, 2.75) is 73.8 Å². The van der Waals surface area contributed by atoms with Gasteiger partial charge in [-0.1, -0.05) is 11.6 Å². The summed E-state index contributed by atoms with van der Waals surface area (Å²) in [5.74, 6) is -2.92. The van der Waals surface area contributed by atoms with E-state index in [0.717, 1.165) is 30.6 Å². The van der Waals surface area contributed by atoms with Crippen molar-refractivity contribution in [3.8, 4) is 0 Å². The molecule has 0 spiro atoms. The number of nitrogens with one attached hydrogen (secondary N) is 1. The second kappa shape index (κ2) is 9.30. The lowest BCUT2D eigenvalue weighted by Gasteiger charge is -2.43. The number of anilines is 1. The van der Waals surface area contributed by atoms with Crippen LogP contribution in [0, 0.1) is 0 Å².